The van der Waals surface area contributed by atoms with Crippen molar-refractivity contribution >= 4 is 28.4 Å². The third-order valence-electron chi connectivity index (χ3n) is 5.47. The molecule has 0 radical (unpaired) electrons. The first kappa shape index (κ1) is 20.5. The van der Waals surface area contributed by atoms with Gasteiger partial charge in [0, 0.05) is 42.3 Å². The molecule has 1 aliphatic rings. The van der Waals surface area contributed by atoms with Crippen molar-refractivity contribution in [3.63, 3.8) is 0 Å². The SMILES string of the molecule is C=CC(=O)Nc1ccc(C(=O)N2CC[C@@H](Cc3ncc4cc(OC)ccc4n3)C2)cc1. The number of methoxy groups -OCH3 is 1. The fourth-order valence-corrected chi connectivity index (χ4v) is 3.79. The van der Waals surface area contributed by atoms with E-state index >= 15 is 0 Å². The van der Waals surface area contributed by atoms with Gasteiger partial charge in [0.25, 0.3) is 5.91 Å². The highest BCUT2D eigenvalue weighted by Crippen LogP contribution is 2.24. The van der Waals surface area contributed by atoms with E-state index in [1.54, 1.807) is 31.4 Å². The first-order valence-electron chi connectivity index (χ1n) is 10.2. The second-order valence-electron chi connectivity index (χ2n) is 7.59. The zero-order chi connectivity index (χ0) is 21.8. The minimum absolute atomic E-state index is 0.00405. The first-order valence-corrected chi connectivity index (χ1v) is 10.2. The van der Waals surface area contributed by atoms with E-state index in [2.05, 4.69) is 21.9 Å². The van der Waals surface area contributed by atoms with E-state index in [1.165, 1.54) is 6.08 Å². The summed E-state index contributed by atoms with van der Waals surface area (Å²) in [6, 6.07) is 12.7. The molecule has 1 saturated heterocycles. The Balaban J connectivity index is 1.37. The van der Waals surface area contributed by atoms with Crippen LogP contribution in [0, 0.1) is 5.92 Å². The summed E-state index contributed by atoms with van der Waals surface area (Å²) in [4.78, 5) is 35.3. The number of nitrogens with one attached hydrogen (secondary N) is 1. The topological polar surface area (TPSA) is 84.4 Å². The molecule has 1 atom stereocenters. The number of hydrogen-bond donors (Lipinski definition) is 1. The summed E-state index contributed by atoms with van der Waals surface area (Å²) in [5.41, 5.74) is 2.13. The van der Waals surface area contributed by atoms with Crippen LogP contribution >= 0.6 is 0 Å². The number of carbonyl (C=O) groups is 2. The van der Waals surface area contributed by atoms with Gasteiger partial charge < -0.3 is 15.0 Å². The molecule has 2 amide bonds. The number of nitrogens with zero attached hydrogens (tertiary/aromatic N) is 3. The molecule has 7 nitrogen and oxygen atoms in total. The van der Waals surface area contributed by atoms with E-state index in [4.69, 9.17) is 4.74 Å². The van der Waals surface area contributed by atoms with Crippen molar-refractivity contribution in [3.8, 4) is 5.75 Å². The van der Waals surface area contributed by atoms with Crippen LogP contribution in [0.1, 0.15) is 22.6 Å². The summed E-state index contributed by atoms with van der Waals surface area (Å²) in [6.07, 6.45) is 4.69. The second kappa shape index (κ2) is 8.95. The molecule has 2 aromatic carbocycles. The average molecular weight is 416 g/mol. The Morgan fingerprint density at radius 1 is 1.26 bits per heavy atom. The van der Waals surface area contributed by atoms with Gasteiger partial charge in [0.15, 0.2) is 0 Å². The van der Waals surface area contributed by atoms with Gasteiger partial charge in [0.2, 0.25) is 5.91 Å². The molecule has 3 aromatic rings. The van der Waals surface area contributed by atoms with Gasteiger partial charge in [-0.1, -0.05) is 6.58 Å². The summed E-state index contributed by atoms with van der Waals surface area (Å²) in [7, 11) is 1.64. The summed E-state index contributed by atoms with van der Waals surface area (Å²) in [5.74, 6) is 1.61. The van der Waals surface area contributed by atoms with Crippen molar-refractivity contribution in [1.29, 1.82) is 0 Å². The lowest BCUT2D eigenvalue weighted by Gasteiger charge is -2.17. The second-order valence-corrected chi connectivity index (χ2v) is 7.59. The molecule has 0 unspecified atom stereocenters. The summed E-state index contributed by atoms with van der Waals surface area (Å²) in [5, 5.41) is 3.62. The molecular weight excluding hydrogens is 392 g/mol. The normalized spacial score (nSPS) is 15.6. The predicted molar refractivity (Wildman–Crippen MR) is 119 cm³/mol. The standard InChI is InChI=1S/C24H24N4O3/c1-3-23(29)26-19-6-4-17(5-7-19)24(30)28-11-10-16(15-28)12-22-25-14-18-13-20(31-2)8-9-21(18)27-22/h3-9,13-14,16H,1,10-12,15H2,2H3,(H,26,29)/t16-/m0/s1. The molecule has 0 aliphatic carbocycles. The number of amides is 2. The van der Waals surface area contributed by atoms with Crippen LogP contribution in [-0.4, -0.2) is 46.9 Å². The number of anilines is 1. The van der Waals surface area contributed by atoms with Crippen LogP contribution in [0.4, 0.5) is 5.69 Å². The van der Waals surface area contributed by atoms with Crippen molar-refractivity contribution in [2.75, 3.05) is 25.5 Å². The maximum absolute atomic E-state index is 12.8. The molecule has 158 valence electrons. The quantitative estimate of drug-likeness (QED) is 0.622. The van der Waals surface area contributed by atoms with Crippen LogP contribution in [-0.2, 0) is 11.2 Å². The number of ether oxygens (including phenoxy) is 1. The molecule has 1 fully saturated rings. The van der Waals surface area contributed by atoms with Gasteiger partial charge in [-0.15, -0.1) is 0 Å². The number of carbonyl (C=O) groups excluding carboxylic acids is 2. The lowest BCUT2D eigenvalue weighted by atomic mass is 10.0. The zero-order valence-electron chi connectivity index (χ0n) is 17.4. The van der Waals surface area contributed by atoms with Crippen LogP contribution in [0.25, 0.3) is 10.9 Å². The number of benzene rings is 2. The Labute approximate surface area is 180 Å². The Morgan fingerprint density at radius 3 is 2.81 bits per heavy atom. The Morgan fingerprint density at radius 2 is 2.06 bits per heavy atom. The van der Waals surface area contributed by atoms with Gasteiger partial charge in [-0.25, -0.2) is 9.97 Å². The summed E-state index contributed by atoms with van der Waals surface area (Å²) >= 11 is 0. The van der Waals surface area contributed by atoms with Crippen LogP contribution in [0.5, 0.6) is 5.75 Å². The lowest BCUT2D eigenvalue weighted by molar-refractivity contribution is -0.111. The molecule has 1 N–H and O–H groups in total. The molecule has 1 aromatic heterocycles. The van der Waals surface area contributed by atoms with Crippen LogP contribution in [0.15, 0.2) is 61.3 Å². The third kappa shape index (κ3) is 4.71. The molecule has 0 spiro atoms. The molecule has 0 bridgehead atoms. The molecular formula is C24H24N4O3. The monoisotopic (exact) mass is 416 g/mol. The molecule has 7 heteroatoms. The number of hydrogen-bond acceptors (Lipinski definition) is 5. The maximum atomic E-state index is 12.8. The highest BCUT2D eigenvalue weighted by atomic mass is 16.5. The van der Waals surface area contributed by atoms with Gasteiger partial charge >= 0.3 is 0 Å². The molecule has 2 heterocycles. The van der Waals surface area contributed by atoms with Crippen LogP contribution in [0.3, 0.4) is 0 Å². The smallest absolute Gasteiger partial charge is 0.253 e. The maximum Gasteiger partial charge on any atom is 0.253 e. The highest BCUT2D eigenvalue weighted by molar-refractivity contribution is 5.99. The fourth-order valence-electron chi connectivity index (χ4n) is 3.79. The Hall–Kier alpha value is -3.74. The van der Waals surface area contributed by atoms with E-state index < -0.39 is 0 Å². The van der Waals surface area contributed by atoms with Gasteiger partial charge in [-0.05, 0) is 60.9 Å². The molecule has 0 saturated carbocycles. The van der Waals surface area contributed by atoms with Crippen molar-refractivity contribution < 1.29 is 14.3 Å². The van der Waals surface area contributed by atoms with Gasteiger partial charge in [-0.2, -0.15) is 0 Å². The van der Waals surface area contributed by atoms with E-state index in [-0.39, 0.29) is 11.8 Å². The molecule has 1 aliphatic heterocycles. The largest absolute Gasteiger partial charge is 0.497 e. The predicted octanol–water partition coefficient (Wildman–Crippen LogP) is 3.47. The van der Waals surface area contributed by atoms with E-state index in [0.29, 0.717) is 30.3 Å². The van der Waals surface area contributed by atoms with Crippen molar-refractivity contribution in [2.24, 2.45) is 5.92 Å². The number of aromatic nitrogens is 2. The van der Waals surface area contributed by atoms with Crippen molar-refractivity contribution in [2.45, 2.75) is 12.8 Å². The molecule has 31 heavy (non-hydrogen) atoms. The van der Waals surface area contributed by atoms with Crippen molar-refractivity contribution in [1.82, 2.24) is 14.9 Å². The zero-order valence-corrected chi connectivity index (χ0v) is 17.4. The van der Waals surface area contributed by atoms with Gasteiger partial charge in [0.05, 0.1) is 12.6 Å². The van der Waals surface area contributed by atoms with E-state index in [1.807, 2.05) is 29.3 Å². The molecule has 4 rings (SSSR count). The highest BCUT2D eigenvalue weighted by Gasteiger charge is 2.27. The van der Waals surface area contributed by atoms with E-state index in [0.717, 1.165) is 35.3 Å². The lowest BCUT2D eigenvalue weighted by Crippen LogP contribution is -2.29. The number of fused-ring (bicyclic) bond motifs is 1. The van der Waals surface area contributed by atoms with Gasteiger partial charge in [-0.3, -0.25) is 9.59 Å². The number of rotatable bonds is 6. The third-order valence-corrected chi connectivity index (χ3v) is 5.47. The first-order chi connectivity index (χ1) is 15.1. The van der Waals surface area contributed by atoms with Crippen LogP contribution in [0.2, 0.25) is 0 Å². The minimum Gasteiger partial charge on any atom is -0.497 e. The van der Waals surface area contributed by atoms with E-state index in [9.17, 15) is 9.59 Å². The van der Waals surface area contributed by atoms with Crippen LogP contribution < -0.4 is 10.1 Å². The number of likely N-dealkylation sites (tertiary alicyclic amines) is 1. The summed E-state index contributed by atoms with van der Waals surface area (Å²) in [6.45, 7) is 4.82. The Kier molecular flexibility index (Phi) is 5.93. The average Bonchev–Trinajstić information content (AvgIpc) is 3.27. The fraction of sp³-hybridized carbons (Fsp3) is 0.250. The summed E-state index contributed by atoms with van der Waals surface area (Å²) < 4.78 is 5.24. The van der Waals surface area contributed by atoms with Crippen molar-refractivity contribution in [3.05, 3.63) is 72.7 Å². The van der Waals surface area contributed by atoms with Gasteiger partial charge in [0.1, 0.15) is 11.6 Å². The Bertz CT molecular complexity index is 1130. The minimum atomic E-state index is -0.281.